The van der Waals surface area contributed by atoms with E-state index in [-0.39, 0.29) is 0 Å². The largest absolute Gasteiger partial charge is 0.493 e. The van der Waals surface area contributed by atoms with Crippen LogP contribution in [0, 0.1) is 0 Å². The Bertz CT molecular complexity index is 954. The van der Waals surface area contributed by atoms with Gasteiger partial charge in [-0.25, -0.2) is 4.99 Å². The standard InChI is InChI=1S/C23H29N5O2/c1-4-24-23(27-20-10-11-21(30-5-2)22(15-20)29-3)25-16-18-8-6-9-19(14-18)17-28-13-7-12-26-28/h6-15H,4-5,16-17H2,1-3H3,(H2,24,25,27). The van der Waals surface area contributed by atoms with Gasteiger partial charge in [0.05, 0.1) is 26.8 Å². The van der Waals surface area contributed by atoms with Gasteiger partial charge in [0, 0.05) is 30.7 Å². The molecule has 0 fully saturated rings. The number of ether oxygens (including phenoxy) is 2. The van der Waals surface area contributed by atoms with Crippen LogP contribution in [-0.4, -0.2) is 36.0 Å². The van der Waals surface area contributed by atoms with Gasteiger partial charge in [-0.05, 0) is 43.2 Å². The van der Waals surface area contributed by atoms with Gasteiger partial charge in [-0.2, -0.15) is 5.10 Å². The first-order chi connectivity index (χ1) is 14.7. The fraction of sp³-hybridized carbons (Fsp3) is 0.304. The SMILES string of the molecule is CCNC(=NCc1cccc(Cn2cccn2)c1)Nc1ccc(OCC)c(OC)c1. The summed E-state index contributed by atoms with van der Waals surface area (Å²) in [6.45, 7) is 6.66. The summed E-state index contributed by atoms with van der Waals surface area (Å²) < 4.78 is 12.9. The van der Waals surface area contributed by atoms with Gasteiger partial charge in [-0.3, -0.25) is 4.68 Å². The Morgan fingerprint density at radius 1 is 1.07 bits per heavy atom. The molecule has 2 aromatic carbocycles. The van der Waals surface area contributed by atoms with Gasteiger partial charge in [-0.15, -0.1) is 0 Å². The zero-order valence-electron chi connectivity index (χ0n) is 17.8. The number of methoxy groups -OCH3 is 1. The quantitative estimate of drug-likeness (QED) is 0.416. The van der Waals surface area contributed by atoms with Crippen molar-refractivity contribution in [2.45, 2.75) is 26.9 Å². The lowest BCUT2D eigenvalue weighted by Crippen LogP contribution is -2.30. The first-order valence-electron chi connectivity index (χ1n) is 10.1. The number of anilines is 1. The first kappa shape index (κ1) is 21.2. The minimum Gasteiger partial charge on any atom is -0.493 e. The average molecular weight is 408 g/mol. The third-order valence-electron chi connectivity index (χ3n) is 4.39. The van der Waals surface area contributed by atoms with E-state index in [0.717, 1.165) is 30.1 Å². The number of nitrogens with zero attached hydrogens (tertiary/aromatic N) is 3. The molecule has 0 atom stereocenters. The van der Waals surface area contributed by atoms with Crippen molar-refractivity contribution in [3.8, 4) is 11.5 Å². The van der Waals surface area contributed by atoms with Crippen LogP contribution >= 0.6 is 0 Å². The number of guanidine groups is 1. The van der Waals surface area contributed by atoms with Gasteiger partial charge in [0.1, 0.15) is 0 Å². The number of nitrogens with one attached hydrogen (secondary N) is 2. The molecule has 0 spiro atoms. The number of aromatic nitrogens is 2. The summed E-state index contributed by atoms with van der Waals surface area (Å²) in [5.41, 5.74) is 3.21. The molecule has 0 radical (unpaired) electrons. The summed E-state index contributed by atoms with van der Waals surface area (Å²) in [4.78, 5) is 4.73. The van der Waals surface area contributed by atoms with Crippen LogP contribution < -0.4 is 20.1 Å². The maximum atomic E-state index is 5.58. The second kappa shape index (κ2) is 10.9. The molecule has 2 N–H and O–H groups in total. The average Bonchev–Trinajstić information content (AvgIpc) is 3.26. The van der Waals surface area contributed by atoms with Crippen molar-refractivity contribution < 1.29 is 9.47 Å². The van der Waals surface area contributed by atoms with Crippen LogP contribution in [0.3, 0.4) is 0 Å². The molecule has 1 aromatic heterocycles. The minimum absolute atomic E-state index is 0.566. The van der Waals surface area contributed by atoms with Gasteiger partial charge in [-0.1, -0.05) is 24.3 Å². The lowest BCUT2D eigenvalue weighted by atomic mass is 10.1. The Hall–Kier alpha value is -3.48. The molecule has 30 heavy (non-hydrogen) atoms. The second-order valence-corrected chi connectivity index (χ2v) is 6.64. The topological polar surface area (TPSA) is 72.7 Å². The molecule has 0 aliphatic rings. The predicted octanol–water partition coefficient (Wildman–Crippen LogP) is 3.92. The van der Waals surface area contributed by atoms with E-state index in [4.69, 9.17) is 14.5 Å². The molecule has 3 rings (SSSR count). The summed E-state index contributed by atoms with van der Waals surface area (Å²) in [6, 6.07) is 16.1. The number of aliphatic imine (C=N–C) groups is 1. The van der Waals surface area contributed by atoms with Crippen molar-refractivity contribution >= 4 is 11.6 Å². The van der Waals surface area contributed by atoms with Gasteiger partial charge in [0.15, 0.2) is 17.5 Å². The fourth-order valence-corrected chi connectivity index (χ4v) is 3.04. The zero-order valence-corrected chi connectivity index (χ0v) is 17.8. The number of hydrogen-bond donors (Lipinski definition) is 2. The molecule has 1 heterocycles. The Morgan fingerprint density at radius 2 is 1.93 bits per heavy atom. The van der Waals surface area contributed by atoms with Crippen LogP contribution in [0.2, 0.25) is 0 Å². The maximum absolute atomic E-state index is 5.58. The highest BCUT2D eigenvalue weighted by Gasteiger charge is 2.07. The molecule has 3 aromatic rings. The van der Waals surface area contributed by atoms with Gasteiger partial charge in [0.25, 0.3) is 0 Å². The number of rotatable bonds is 9. The molecule has 0 unspecified atom stereocenters. The Kier molecular flexibility index (Phi) is 7.71. The van der Waals surface area contributed by atoms with Crippen LogP contribution in [-0.2, 0) is 13.1 Å². The van der Waals surface area contributed by atoms with E-state index in [0.29, 0.717) is 24.9 Å². The maximum Gasteiger partial charge on any atom is 0.196 e. The van der Waals surface area contributed by atoms with E-state index in [1.54, 1.807) is 13.3 Å². The highest BCUT2D eigenvalue weighted by Crippen LogP contribution is 2.30. The van der Waals surface area contributed by atoms with E-state index in [2.05, 4.69) is 40.0 Å². The highest BCUT2D eigenvalue weighted by molar-refractivity contribution is 5.93. The van der Waals surface area contributed by atoms with Crippen molar-refractivity contribution in [3.05, 3.63) is 72.1 Å². The normalized spacial score (nSPS) is 11.2. The van der Waals surface area contributed by atoms with Crippen LogP contribution in [0.1, 0.15) is 25.0 Å². The molecule has 0 saturated heterocycles. The molecular weight excluding hydrogens is 378 g/mol. The molecule has 0 amide bonds. The van der Waals surface area contributed by atoms with Crippen molar-refractivity contribution in [1.29, 1.82) is 0 Å². The molecule has 0 aliphatic carbocycles. The lowest BCUT2D eigenvalue weighted by molar-refractivity contribution is 0.311. The third kappa shape index (κ3) is 6.01. The van der Waals surface area contributed by atoms with E-state index in [1.807, 2.05) is 49.0 Å². The summed E-state index contributed by atoms with van der Waals surface area (Å²) in [6.07, 6.45) is 3.75. The van der Waals surface area contributed by atoms with Gasteiger partial charge in [0.2, 0.25) is 0 Å². The smallest absolute Gasteiger partial charge is 0.196 e. The minimum atomic E-state index is 0.566. The predicted molar refractivity (Wildman–Crippen MR) is 120 cm³/mol. The molecule has 0 saturated carbocycles. The summed E-state index contributed by atoms with van der Waals surface area (Å²) in [5, 5.41) is 10.9. The van der Waals surface area contributed by atoms with E-state index < -0.39 is 0 Å². The van der Waals surface area contributed by atoms with E-state index in [9.17, 15) is 0 Å². The molecule has 7 nitrogen and oxygen atoms in total. The molecule has 0 bridgehead atoms. The summed E-state index contributed by atoms with van der Waals surface area (Å²) >= 11 is 0. The third-order valence-corrected chi connectivity index (χ3v) is 4.39. The zero-order chi connectivity index (χ0) is 21.2. The van der Waals surface area contributed by atoms with Crippen LogP contribution in [0.15, 0.2) is 65.9 Å². The van der Waals surface area contributed by atoms with Crippen LogP contribution in [0.25, 0.3) is 0 Å². The monoisotopic (exact) mass is 407 g/mol. The van der Waals surface area contributed by atoms with E-state index in [1.165, 1.54) is 5.56 Å². The second-order valence-electron chi connectivity index (χ2n) is 6.64. The molecular formula is C23H29N5O2. The number of benzene rings is 2. The van der Waals surface area contributed by atoms with Crippen molar-refractivity contribution in [2.75, 3.05) is 25.6 Å². The van der Waals surface area contributed by atoms with Crippen LogP contribution in [0.4, 0.5) is 5.69 Å². The Balaban J connectivity index is 1.70. The number of hydrogen-bond acceptors (Lipinski definition) is 4. The molecule has 158 valence electrons. The molecule has 7 heteroatoms. The van der Waals surface area contributed by atoms with Crippen molar-refractivity contribution in [1.82, 2.24) is 15.1 Å². The van der Waals surface area contributed by atoms with Gasteiger partial charge >= 0.3 is 0 Å². The summed E-state index contributed by atoms with van der Waals surface area (Å²) in [7, 11) is 1.64. The highest BCUT2D eigenvalue weighted by atomic mass is 16.5. The Morgan fingerprint density at radius 3 is 2.67 bits per heavy atom. The lowest BCUT2D eigenvalue weighted by Gasteiger charge is -2.14. The fourth-order valence-electron chi connectivity index (χ4n) is 3.04. The van der Waals surface area contributed by atoms with E-state index >= 15 is 0 Å². The molecule has 0 aliphatic heterocycles. The Labute approximate surface area is 177 Å². The van der Waals surface area contributed by atoms with Crippen molar-refractivity contribution in [3.63, 3.8) is 0 Å². The van der Waals surface area contributed by atoms with Crippen LogP contribution in [0.5, 0.6) is 11.5 Å². The summed E-state index contributed by atoms with van der Waals surface area (Å²) in [5.74, 6) is 2.12. The first-order valence-corrected chi connectivity index (χ1v) is 10.1. The van der Waals surface area contributed by atoms with Gasteiger partial charge < -0.3 is 20.1 Å². The van der Waals surface area contributed by atoms with Crippen molar-refractivity contribution in [2.24, 2.45) is 4.99 Å².